The summed E-state index contributed by atoms with van der Waals surface area (Å²) in [5.74, 6) is 0. The zero-order valence-electron chi connectivity index (χ0n) is 9.07. The lowest BCUT2D eigenvalue weighted by Crippen LogP contribution is -2.28. The highest BCUT2D eigenvalue weighted by atomic mass is 16.3. The largest absolute Gasteiger partial charge is 0.392 e. The average molecular weight is 197 g/mol. The third-order valence-electron chi connectivity index (χ3n) is 2.36. The molecule has 1 heterocycles. The smallest absolute Gasteiger partial charge is 0.0662 e. The van der Waals surface area contributed by atoms with Crippen LogP contribution in [-0.4, -0.2) is 27.5 Å². The number of aryl methyl sites for hydroxylation is 1. The van der Waals surface area contributed by atoms with Crippen LogP contribution in [0.4, 0.5) is 0 Å². The van der Waals surface area contributed by atoms with E-state index in [9.17, 15) is 5.11 Å². The molecule has 0 amide bonds. The van der Waals surface area contributed by atoms with Gasteiger partial charge >= 0.3 is 0 Å². The minimum absolute atomic E-state index is 0.241. The maximum absolute atomic E-state index is 9.38. The molecule has 1 aromatic rings. The molecule has 0 saturated carbocycles. The second-order valence-corrected chi connectivity index (χ2v) is 3.64. The first-order valence-corrected chi connectivity index (χ1v) is 5.03. The second kappa shape index (κ2) is 5.12. The lowest BCUT2D eigenvalue weighted by molar-refractivity contribution is 0.164. The van der Waals surface area contributed by atoms with Crippen LogP contribution in [0.2, 0.25) is 0 Å². The van der Waals surface area contributed by atoms with Gasteiger partial charge in [0.2, 0.25) is 0 Å². The fourth-order valence-electron chi connectivity index (χ4n) is 1.24. The van der Waals surface area contributed by atoms with Crippen molar-refractivity contribution >= 4 is 0 Å². The standard InChI is InChI=1S/C10H19N3O/c1-4-10(14)6-11-8(2)9-5-12-13(3)7-9/h5,7-8,10-11,14H,4,6H2,1-3H3. The van der Waals surface area contributed by atoms with Crippen LogP contribution in [0.5, 0.6) is 0 Å². The van der Waals surface area contributed by atoms with Crippen molar-refractivity contribution in [3.05, 3.63) is 18.0 Å². The van der Waals surface area contributed by atoms with Gasteiger partial charge in [-0.1, -0.05) is 6.92 Å². The minimum atomic E-state index is -0.255. The molecule has 14 heavy (non-hydrogen) atoms. The molecule has 4 nitrogen and oxygen atoms in total. The van der Waals surface area contributed by atoms with E-state index >= 15 is 0 Å². The molecule has 0 aliphatic carbocycles. The summed E-state index contributed by atoms with van der Waals surface area (Å²) in [6.07, 6.45) is 4.35. The summed E-state index contributed by atoms with van der Waals surface area (Å²) < 4.78 is 1.78. The van der Waals surface area contributed by atoms with Crippen molar-refractivity contribution in [2.45, 2.75) is 32.4 Å². The van der Waals surface area contributed by atoms with Crippen LogP contribution < -0.4 is 5.32 Å². The molecule has 0 radical (unpaired) electrons. The SMILES string of the molecule is CCC(O)CNC(C)c1cnn(C)c1. The lowest BCUT2D eigenvalue weighted by atomic mass is 10.2. The zero-order valence-corrected chi connectivity index (χ0v) is 9.07. The van der Waals surface area contributed by atoms with Crippen LogP contribution in [-0.2, 0) is 7.05 Å². The molecule has 4 heteroatoms. The molecule has 2 atom stereocenters. The highest BCUT2D eigenvalue weighted by Gasteiger charge is 2.08. The monoisotopic (exact) mass is 197 g/mol. The van der Waals surface area contributed by atoms with Gasteiger partial charge in [-0.2, -0.15) is 5.10 Å². The van der Waals surface area contributed by atoms with Crippen molar-refractivity contribution in [3.8, 4) is 0 Å². The Morgan fingerprint density at radius 1 is 1.64 bits per heavy atom. The number of hydrogen-bond acceptors (Lipinski definition) is 3. The van der Waals surface area contributed by atoms with Crippen LogP contribution in [0.3, 0.4) is 0 Å². The number of aromatic nitrogens is 2. The number of nitrogens with one attached hydrogen (secondary N) is 1. The van der Waals surface area contributed by atoms with Crippen LogP contribution in [0, 0.1) is 0 Å². The van der Waals surface area contributed by atoms with Crippen LogP contribution in [0.1, 0.15) is 31.9 Å². The van der Waals surface area contributed by atoms with Crippen molar-refractivity contribution in [1.29, 1.82) is 0 Å². The van der Waals surface area contributed by atoms with Gasteiger partial charge < -0.3 is 10.4 Å². The molecular formula is C10H19N3O. The number of nitrogens with zero attached hydrogens (tertiary/aromatic N) is 2. The molecule has 0 saturated heterocycles. The van der Waals surface area contributed by atoms with Gasteiger partial charge in [0.25, 0.3) is 0 Å². The van der Waals surface area contributed by atoms with E-state index < -0.39 is 0 Å². The Hall–Kier alpha value is -0.870. The molecule has 1 aromatic heterocycles. The summed E-state index contributed by atoms with van der Waals surface area (Å²) in [7, 11) is 1.90. The van der Waals surface area contributed by atoms with E-state index in [0.717, 1.165) is 12.0 Å². The Bertz CT molecular complexity index is 272. The third kappa shape index (κ3) is 3.12. The van der Waals surface area contributed by atoms with Crippen molar-refractivity contribution < 1.29 is 5.11 Å². The van der Waals surface area contributed by atoms with E-state index in [1.54, 1.807) is 4.68 Å². The topological polar surface area (TPSA) is 50.1 Å². The van der Waals surface area contributed by atoms with Gasteiger partial charge in [-0.15, -0.1) is 0 Å². The highest BCUT2D eigenvalue weighted by Crippen LogP contribution is 2.09. The maximum atomic E-state index is 9.38. The van der Waals surface area contributed by atoms with Crippen molar-refractivity contribution in [2.24, 2.45) is 7.05 Å². The van der Waals surface area contributed by atoms with E-state index in [4.69, 9.17) is 0 Å². The molecule has 1 rings (SSSR count). The normalized spacial score (nSPS) is 15.4. The molecule has 0 bridgehead atoms. The van der Waals surface area contributed by atoms with E-state index in [-0.39, 0.29) is 12.1 Å². The summed E-state index contributed by atoms with van der Waals surface area (Å²) in [6, 6.07) is 0.241. The van der Waals surface area contributed by atoms with E-state index in [1.165, 1.54) is 0 Å². The minimum Gasteiger partial charge on any atom is -0.392 e. The number of aliphatic hydroxyl groups excluding tert-OH is 1. The Balaban J connectivity index is 2.39. The number of aliphatic hydroxyl groups is 1. The number of rotatable bonds is 5. The molecule has 0 aromatic carbocycles. The molecular weight excluding hydrogens is 178 g/mol. The van der Waals surface area contributed by atoms with Crippen molar-refractivity contribution in [3.63, 3.8) is 0 Å². The Labute approximate surface area is 84.9 Å². The van der Waals surface area contributed by atoms with Crippen molar-refractivity contribution in [2.75, 3.05) is 6.54 Å². The van der Waals surface area contributed by atoms with Gasteiger partial charge in [-0.25, -0.2) is 0 Å². The average Bonchev–Trinajstić information content (AvgIpc) is 2.60. The third-order valence-corrected chi connectivity index (χ3v) is 2.36. The van der Waals surface area contributed by atoms with Gasteiger partial charge in [-0.05, 0) is 13.3 Å². The fraction of sp³-hybridized carbons (Fsp3) is 0.700. The van der Waals surface area contributed by atoms with Gasteiger partial charge in [0.1, 0.15) is 0 Å². The first-order chi connectivity index (χ1) is 6.63. The van der Waals surface area contributed by atoms with E-state index in [2.05, 4.69) is 17.3 Å². The summed E-state index contributed by atoms with van der Waals surface area (Å²) in [4.78, 5) is 0. The van der Waals surface area contributed by atoms with Crippen LogP contribution >= 0.6 is 0 Å². The predicted molar refractivity (Wildman–Crippen MR) is 55.9 cm³/mol. The predicted octanol–water partition coefficient (Wildman–Crippen LogP) is 0.842. The highest BCUT2D eigenvalue weighted by molar-refractivity contribution is 5.08. The quantitative estimate of drug-likeness (QED) is 0.735. The van der Waals surface area contributed by atoms with Gasteiger partial charge in [0.15, 0.2) is 0 Å². The van der Waals surface area contributed by atoms with Gasteiger partial charge in [0.05, 0.1) is 12.3 Å². The first kappa shape index (κ1) is 11.2. The first-order valence-electron chi connectivity index (χ1n) is 5.03. The maximum Gasteiger partial charge on any atom is 0.0662 e. The summed E-state index contributed by atoms with van der Waals surface area (Å²) in [5.41, 5.74) is 1.15. The van der Waals surface area contributed by atoms with Gasteiger partial charge in [-0.3, -0.25) is 4.68 Å². The molecule has 2 N–H and O–H groups in total. The summed E-state index contributed by atoms with van der Waals surface area (Å²) >= 11 is 0. The van der Waals surface area contributed by atoms with E-state index in [1.807, 2.05) is 26.4 Å². The molecule has 0 aliphatic rings. The van der Waals surface area contributed by atoms with Crippen LogP contribution in [0.25, 0.3) is 0 Å². The molecule has 2 unspecified atom stereocenters. The molecule has 80 valence electrons. The number of hydrogen-bond donors (Lipinski definition) is 2. The Morgan fingerprint density at radius 2 is 2.36 bits per heavy atom. The van der Waals surface area contributed by atoms with Crippen LogP contribution in [0.15, 0.2) is 12.4 Å². The van der Waals surface area contributed by atoms with Crippen molar-refractivity contribution in [1.82, 2.24) is 15.1 Å². The molecule has 0 fully saturated rings. The summed E-state index contributed by atoms with van der Waals surface area (Å²) in [5, 5.41) is 16.7. The van der Waals surface area contributed by atoms with Gasteiger partial charge in [0, 0.05) is 31.4 Å². The molecule has 0 aliphatic heterocycles. The summed E-state index contributed by atoms with van der Waals surface area (Å²) in [6.45, 7) is 4.67. The van der Waals surface area contributed by atoms with E-state index in [0.29, 0.717) is 6.54 Å². The second-order valence-electron chi connectivity index (χ2n) is 3.64. The fourth-order valence-corrected chi connectivity index (χ4v) is 1.24. The Morgan fingerprint density at radius 3 is 2.86 bits per heavy atom. The zero-order chi connectivity index (χ0) is 10.6. The Kier molecular flexibility index (Phi) is 4.10. The molecule has 0 spiro atoms. The lowest BCUT2D eigenvalue weighted by Gasteiger charge is -2.14.